The van der Waals surface area contributed by atoms with Crippen molar-refractivity contribution < 1.29 is 23.1 Å². The number of hydrogen-bond donors (Lipinski definition) is 0. The highest BCUT2D eigenvalue weighted by atomic mass is 32.2. The fourth-order valence-electron chi connectivity index (χ4n) is 3.25. The Balaban J connectivity index is 1.72. The molecule has 27 heavy (non-hydrogen) atoms. The van der Waals surface area contributed by atoms with Crippen LogP contribution >= 0.6 is 11.8 Å². The first-order chi connectivity index (χ1) is 12.7. The molecule has 2 saturated heterocycles. The van der Waals surface area contributed by atoms with Crippen LogP contribution in [0.3, 0.4) is 0 Å². The number of amides is 2. The minimum Gasteiger partial charge on any atom is -0.370 e. The van der Waals surface area contributed by atoms with Crippen molar-refractivity contribution in [3.8, 4) is 0 Å². The lowest BCUT2D eigenvalue weighted by molar-refractivity contribution is -0.151. The average Bonchev–Trinajstić information content (AvgIpc) is 3.11. The Morgan fingerprint density at radius 1 is 1.22 bits per heavy atom. The summed E-state index contributed by atoms with van der Waals surface area (Å²) < 4.78 is 32.4. The second-order valence-corrected chi connectivity index (χ2v) is 8.86. The standard InChI is InChI=1S/C19H24F2N2O3S/c1-19(2,3)18(25)23-11-27-10-15(23)17(24)22-6-7-26-16(9-22)12-4-5-13(20)14(21)8-12/h4-5,8,15-16H,6-7,9-11H2,1-3H3. The Hall–Kier alpha value is -1.67. The van der Waals surface area contributed by atoms with Crippen LogP contribution in [0.4, 0.5) is 8.78 Å². The van der Waals surface area contributed by atoms with Gasteiger partial charge >= 0.3 is 0 Å². The second kappa shape index (κ2) is 7.75. The molecule has 148 valence electrons. The van der Waals surface area contributed by atoms with Crippen molar-refractivity contribution in [1.29, 1.82) is 0 Å². The van der Waals surface area contributed by atoms with Crippen molar-refractivity contribution in [3.63, 3.8) is 0 Å². The highest BCUT2D eigenvalue weighted by molar-refractivity contribution is 7.99. The third-order valence-corrected chi connectivity index (χ3v) is 5.78. The average molecular weight is 398 g/mol. The number of carbonyl (C=O) groups excluding carboxylic acids is 2. The molecule has 0 N–H and O–H groups in total. The van der Waals surface area contributed by atoms with Gasteiger partial charge in [-0.3, -0.25) is 9.59 Å². The molecule has 0 radical (unpaired) electrons. The molecule has 2 fully saturated rings. The summed E-state index contributed by atoms with van der Waals surface area (Å²) in [6.45, 7) is 6.50. The summed E-state index contributed by atoms with van der Waals surface area (Å²) in [5, 5.41) is 0. The molecule has 0 aliphatic carbocycles. The van der Waals surface area contributed by atoms with Gasteiger partial charge in [-0.1, -0.05) is 26.8 Å². The molecule has 0 saturated carbocycles. The maximum Gasteiger partial charge on any atom is 0.246 e. The van der Waals surface area contributed by atoms with Gasteiger partial charge in [-0.15, -0.1) is 11.8 Å². The zero-order valence-corrected chi connectivity index (χ0v) is 16.5. The van der Waals surface area contributed by atoms with Crippen molar-refractivity contribution in [1.82, 2.24) is 9.80 Å². The number of hydrogen-bond acceptors (Lipinski definition) is 4. The maximum atomic E-state index is 13.5. The number of halogens is 2. The molecule has 1 aromatic rings. The van der Waals surface area contributed by atoms with Gasteiger partial charge in [-0.25, -0.2) is 8.78 Å². The van der Waals surface area contributed by atoms with E-state index >= 15 is 0 Å². The number of morpholine rings is 1. The predicted molar refractivity (Wildman–Crippen MR) is 99.0 cm³/mol. The molecule has 2 atom stereocenters. The molecular weight excluding hydrogens is 374 g/mol. The third kappa shape index (κ3) is 4.27. The summed E-state index contributed by atoms with van der Waals surface area (Å²) in [6, 6.07) is 3.14. The van der Waals surface area contributed by atoms with Gasteiger partial charge in [-0.05, 0) is 17.7 Å². The largest absolute Gasteiger partial charge is 0.370 e. The molecule has 8 heteroatoms. The first-order valence-corrected chi connectivity index (χ1v) is 10.1. The van der Waals surface area contributed by atoms with Gasteiger partial charge in [-0.2, -0.15) is 0 Å². The van der Waals surface area contributed by atoms with E-state index in [0.29, 0.717) is 30.3 Å². The fourth-order valence-corrected chi connectivity index (χ4v) is 4.40. The normalized spacial score (nSPS) is 23.6. The SMILES string of the molecule is CC(C)(C)C(=O)N1CSCC1C(=O)N1CCOC(c2ccc(F)c(F)c2)C1. The van der Waals surface area contributed by atoms with Crippen LogP contribution in [0.5, 0.6) is 0 Å². The number of thioether (sulfide) groups is 1. The number of carbonyl (C=O) groups is 2. The Morgan fingerprint density at radius 3 is 2.63 bits per heavy atom. The minimum absolute atomic E-state index is 0.0451. The Kier molecular flexibility index (Phi) is 5.76. The van der Waals surface area contributed by atoms with E-state index in [1.165, 1.54) is 6.07 Å². The Morgan fingerprint density at radius 2 is 1.96 bits per heavy atom. The van der Waals surface area contributed by atoms with Gasteiger partial charge in [0.25, 0.3) is 0 Å². The van der Waals surface area contributed by atoms with E-state index in [-0.39, 0.29) is 18.4 Å². The third-order valence-electron chi connectivity index (χ3n) is 4.76. The first-order valence-electron chi connectivity index (χ1n) is 8.92. The van der Waals surface area contributed by atoms with Crippen molar-refractivity contribution in [2.24, 2.45) is 5.41 Å². The van der Waals surface area contributed by atoms with Gasteiger partial charge in [0.2, 0.25) is 11.8 Å². The van der Waals surface area contributed by atoms with E-state index in [2.05, 4.69) is 0 Å². The first kappa shape index (κ1) is 20.1. The molecule has 2 aliphatic heterocycles. The van der Waals surface area contributed by atoms with Crippen molar-refractivity contribution in [2.75, 3.05) is 31.3 Å². The number of rotatable bonds is 2. The summed E-state index contributed by atoms with van der Waals surface area (Å²) in [6.07, 6.45) is -0.515. The molecule has 2 aliphatic rings. The van der Waals surface area contributed by atoms with E-state index in [1.807, 2.05) is 20.8 Å². The van der Waals surface area contributed by atoms with E-state index in [9.17, 15) is 18.4 Å². The van der Waals surface area contributed by atoms with Gasteiger partial charge < -0.3 is 14.5 Å². The molecule has 5 nitrogen and oxygen atoms in total. The molecule has 2 heterocycles. The smallest absolute Gasteiger partial charge is 0.246 e. The van der Waals surface area contributed by atoms with E-state index in [1.54, 1.807) is 21.6 Å². The summed E-state index contributed by atoms with van der Waals surface area (Å²) >= 11 is 1.56. The van der Waals surface area contributed by atoms with Crippen LogP contribution in [0.15, 0.2) is 18.2 Å². The van der Waals surface area contributed by atoms with Crippen LogP contribution in [-0.4, -0.2) is 59.0 Å². The molecule has 2 unspecified atom stereocenters. The molecule has 3 rings (SSSR count). The summed E-state index contributed by atoms with van der Waals surface area (Å²) in [5.74, 6) is -0.947. The number of nitrogens with zero attached hydrogens (tertiary/aromatic N) is 2. The lowest BCUT2D eigenvalue weighted by atomic mass is 9.94. The predicted octanol–water partition coefficient (Wildman–Crippen LogP) is 2.81. The van der Waals surface area contributed by atoms with Crippen molar-refractivity contribution in [3.05, 3.63) is 35.4 Å². The van der Waals surface area contributed by atoms with E-state index < -0.39 is 29.2 Å². The Bertz CT molecular complexity index is 738. The van der Waals surface area contributed by atoms with Crippen LogP contribution in [0.1, 0.15) is 32.4 Å². The molecule has 1 aromatic carbocycles. The highest BCUT2D eigenvalue weighted by Crippen LogP contribution is 2.30. The monoisotopic (exact) mass is 398 g/mol. The topological polar surface area (TPSA) is 49.9 Å². The molecular formula is C19H24F2N2O3S. The van der Waals surface area contributed by atoms with Gasteiger partial charge in [0.15, 0.2) is 11.6 Å². The maximum absolute atomic E-state index is 13.5. The summed E-state index contributed by atoms with van der Waals surface area (Å²) in [5.41, 5.74) is -0.0578. The second-order valence-electron chi connectivity index (χ2n) is 7.86. The van der Waals surface area contributed by atoms with E-state index in [4.69, 9.17) is 4.74 Å². The van der Waals surface area contributed by atoms with Gasteiger partial charge in [0.05, 0.1) is 19.0 Å². The van der Waals surface area contributed by atoms with Gasteiger partial charge in [0.1, 0.15) is 12.1 Å². The number of ether oxygens (including phenoxy) is 1. The van der Waals surface area contributed by atoms with Crippen LogP contribution in [0.2, 0.25) is 0 Å². The fraction of sp³-hybridized carbons (Fsp3) is 0.579. The Labute approximate surface area is 162 Å². The minimum atomic E-state index is -0.936. The van der Waals surface area contributed by atoms with Crippen molar-refractivity contribution in [2.45, 2.75) is 32.9 Å². The van der Waals surface area contributed by atoms with Crippen LogP contribution < -0.4 is 0 Å². The zero-order valence-electron chi connectivity index (χ0n) is 15.7. The number of benzene rings is 1. The summed E-state index contributed by atoms with van der Waals surface area (Å²) in [4.78, 5) is 29.0. The lowest BCUT2D eigenvalue weighted by Gasteiger charge is -2.37. The van der Waals surface area contributed by atoms with E-state index in [0.717, 1.165) is 12.1 Å². The van der Waals surface area contributed by atoms with Crippen LogP contribution in [0.25, 0.3) is 0 Å². The van der Waals surface area contributed by atoms with Gasteiger partial charge in [0, 0.05) is 17.7 Å². The zero-order chi connectivity index (χ0) is 19.8. The highest BCUT2D eigenvalue weighted by Gasteiger charge is 2.41. The molecule has 0 bridgehead atoms. The van der Waals surface area contributed by atoms with Crippen LogP contribution in [0, 0.1) is 17.0 Å². The lowest BCUT2D eigenvalue weighted by Crippen LogP contribution is -2.54. The summed E-state index contributed by atoms with van der Waals surface area (Å²) in [7, 11) is 0. The molecule has 0 aromatic heterocycles. The quantitative estimate of drug-likeness (QED) is 0.769. The molecule has 2 amide bonds. The molecule has 0 spiro atoms. The van der Waals surface area contributed by atoms with Crippen LogP contribution in [-0.2, 0) is 14.3 Å². The van der Waals surface area contributed by atoms with Crippen molar-refractivity contribution >= 4 is 23.6 Å².